The molecule has 4 rings (SSSR count). The van der Waals surface area contributed by atoms with Gasteiger partial charge < -0.3 is 10.2 Å². The van der Waals surface area contributed by atoms with Crippen LogP contribution in [0.3, 0.4) is 0 Å². The molecular weight excluding hydrogens is 344 g/mol. The van der Waals surface area contributed by atoms with Gasteiger partial charge in [-0.15, -0.1) is 11.3 Å². The Morgan fingerprint density at radius 3 is 2.69 bits per heavy atom. The summed E-state index contributed by atoms with van der Waals surface area (Å²) < 4.78 is 0. The molecule has 0 radical (unpaired) electrons. The maximum atomic E-state index is 12.3. The molecule has 6 heteroatoms. The highest BCUT2D eigenvalue weighted by molar-refractivity contribution is 7.11. The summed E-state index contributed by atoms with van der Waals surface area (Å²) in [6.07, 6.45) is 6.53. The molecule has 1 amide bonds. The minimum atomic E-state index is 0.143. The van der Waals surface area contributed by atoms with Crippen molar-refractivity contribution in [2.24, 2.45) is 5.92 Å². The topological polar surface area (TPSA) is 58.1 Å². The lowest BCUT2D eigenvalue weighted by Gasteiger charge is -2.33. The highest BCUT2D eigenvalue weighted by atomic mass is 32.1. The molecule has 0 aromatic carbocycles. The molecule has 2 aromatic rings. The minimum absolute atomic E-state index is 0.143. The van der Waals surface area contributed by atoms with Crippen LogP contribution in [0, 0.1) is 12.8 Å². The largest absolute Gasteiger partial charge is 0.356 e. The number of thiophene rings is 1. The van der Waals surface area contributed by atoms with Crippen LogP contribution >= 0.6 is 11.3 Å². The first kappa shape index (κ1) is 17.7. The van der Waals surface area contributed by atoms with Crippen molar-refractivity contribution in [1.82, 2.24) is 15.3 Å². The zero-order chi connectivity index (χ0) is 18.1. The Hall–Kier alpha value is -1.69. The van der Waals surface area contributed by atoms with Gasteiger partial charge in [-0.1, -0.05) is 13.3 Å². The number of aryl methyl sites for hydroxylation is 1. The van der Waals surface area contributed by atoms with Gasteiger partial charge in [-0.3, -0.25) is 4.79 Å². The molecule has 2 fully saturated rings. The molecule has 0 spiro atoms. The third-order valence-electron chi connectivity index (χ3n) is 5.82. The van der Waals surface area contributed by atoms with Crippen LogP contribution in [-0.4, -0.2) is 35.5 Å². The number of nitrogens with one attached hydrogen (secondary N) is 1. The SMILES string of the molecule is CCCNC(=O)C1CCN(c2nc(C3CCC3)nc3csc(C)c23)CC1. The highest BCUT2D eigenvalue weighted by Crippen LogP contribution is 2.39. The number of amides is 1. The molecule has 3 heterocycles. The van der Waals surface area contributed by atoms with E-state index in [2.05, 4.69) is 29.4 Å². The second-order valence-corrected chi connectivity index (χ2v) is 8.72. The van der Waals surface area contributed by atoms with Gasteiger partial charge in [0, 0.05) is 41.7 Å². The Balaban J connectivity index is 1.55. The van der Waals surface area contributed by atoms with Crippen LogP contribution in [0.1, 0.15) is 62.1 Å². The van der Waals surface area contributed by atoms with Crippen molar-refractivity contribution in [2.75, 3.05) is 24.5 Å². The van der Waals surface area contributed by atoms with Gasteiger partial charge in [0.25, 0.3) is 0 Å². The number of anilines is 1. The van der Waals surface area contributed by atoms with Crippen LogP contribution in [-0.2, 0) is 4.79 Å². The third kappa shape index (κ3) is 3.31. The van der Waals surface area contributed by atoms with Crippen molar-refractivity contribution >= 4 is 34.0 Å². The summed E-state index contributed by atoms with van der Waals surface area (Å²) in [5.74, 6) is 3.03. The number of nitrogens with zero attached hydrogens (tertiary/aromatic N) is 3. The van der Waals surface area contributed by atoms with E-state index < -0.39 is 0 Å². The van der Waals surface area contributed by atoms with E-state index in [1.807, 2.05) is 0 Å². The molecule has 1 saturated heterocycles. The summed E-state index contributed by atoms with van der Waals surface area (Å²) in [4.78, 5) is 25.8. The Bertz CT molecular complexity index is 790. The fourth-order valence-electron chi connectivity index (χ4n) is 3.93. The molecule has 1 aliphatic carbocycles. The summed E-state index contributed by atoms with van der Waals surface area (Å²) in [5, 5.41) is 6.43. The first-order valence-electron chi connectivity index (χ1n) is 9.95. The van der Waals surface area contributed by atoms with Crippen molar-refractivity contribution in [1.29, 1.82) is 0 Å². The smallest absolute Gasteiger partial charge is 0.223 e. The number of fused-ring (bicyclic) bond motifs is 1. The van der Waals surface area contributed by atoms with Gasteiger partial charge in [0.05, 0.1) is 10.9 Å². The molecular formula is C20H28N4OS. The maximum absolute atomic E-state index is 12.3. The fourth-order valence-corrected chi connectivity index (χ4v) is 4.71. The predicted octanol–water partition coefficient (Wildman–Crippen LogP) is 4.01. The van der Waals surface area contributed by atoms with E-state index in [4.69, 9.17) is 9.97 Å². The van der Waals surface area contributed by atoms with Crippen LogP contribution in [0.15, 0.2) is 5.38 Å². The molecule has 0 atom stereocenters. The van der Waals surface area contributed by atoms with Gasteiger partial charge in [0.15, 0.2) is 0 Å². The number of carbonyl (C=O) groups excluding carboxylic acids is 1. The van der Waals surface area contributed by atoms with Crippen molar-refractivity contribution in [3.05, 3.63) is 16.1 Å². The van der Waals surface area contributed by atoms with E-state index in [-0.39, 0.29) is 11.8 Å². The average molecular weight is 373 g/mol. The van der Waals surface area contributed by atoms with Crippen LogP contribution in [0.2, 0.25) is 0 Å². The number of hydrogen-bond acceptors (Lipinski definition) is 5. The van der Waals surface area contributed by atoms with Gasteiger partial charge in [-0.2, -0.15) is 0 Å². The Morgan fingerprint density at radius 2 is 2.04 bits per heavy atom. The van der Waals surface area contributed by atoms with E-state index in [0.29, 0.717) is 5.92 Å². The molecule has 1 saturated carbocycles. The summed E-state index contributed by atoms with van der Waals surface area (Å²) >= 11 is 1.76. The molecule has 1 aliphatic heterocycles. The zero-order valence-electron chi connectivity index (χ0n) is 15.8. The van der Waals surface area contributed by atoms with E-state index in [9.17, 15) is 4.79 Å². The van der Waals surface area contributed by atoms with Crippen molar-refractivity contribution in [3.63, 3.8) is 0 Å². The van der Waals surface area contributed by atoms with Crippen molar-refractivity contribution in [2.45, 2.75) is 58.3 Å². The van der Waals surface area contributed by atoms with E-state index in [1.54, 1.807) is 11.3 Å². The maximum Gasteiger partial charge on any atom is 0.223 e. The molecule has 1 N–H and O–H groups in total. The summed E-state index contributed by atoms with van der Waals surface area (Å²) in [6.45, 7) is 6.83. The predicted molar refractivity (Wildman–Crippen MR) is 107 cm³/mol. The molecule has 5 nitrogen and oxygen atoms in total. The normalized spacial score (nSPS) is 18.9. The second-order valence-electron chi connectivity index (χ2n) is 7.64. The van der Waals surface area contributed by atoms with E-state index in [0.717, 1.165) is 56.1 Å². The van der Waals surface area contributed by atoms with E-state index >= 15 is 0 Å². The molecule has 2 aliphatic rings. The molecule has 26 heavy (non-hydrogen) atoms. The van der Waals surface area contributed by atoms with Crippen molar-refractivity contribution < 1.29 is 4.79 Å². The Kier molecular flexibility index (Phi) is 5.11. The Labute approximate surface area is 159 Å². The highest BCUT2D eigenvalue weighted by Gasteiger charge is 2.29. The van der Waals surface area contributed by atoms with E-state index in [1.165, 1.54) is 29.5 Å². The van der Waals surface area contributed by atoms with Crippen LogP contribution in [0.4, 0.5) is 5.82 Å². The lowest BCUT2D eigenvalue weighted by Crippen LogP contribution is -2.41. The number of piperidine rings is 1. The molecule has 2 aromatic heterocycles. The fraction of sp³-hybridized carbons (Fsp3) is 0.650. The first-order valence-corrected chi connectivity index (χ1v) is 10.8. The van der Waals surface area contributed by atoms with Crippen LogP contribution < -0.4 is 10.2 Å². The van der Waals surface area contributed by atoms with Gasteiger partial charge in [-0.05, 0) is 39.0 Å². The van der Waals surface area contributed by atoms with Crippen LogP contribution in [0.25, 0.3) is 10.9 Å². The van der Waals surface area contributed by atoms with Gasteiger partial charge in [0.1, 0.15) is 11.6 Å². The standard InChI is InChI=1S/C20H28N4OS/c1-3-9-21-20(25)15-7-10-24(11-8-15)19-17-13(2)26-12-16(17)22-18(23-19)14-5-4-6-14/h12,14-15H,3-11H2,1-2H3,(H,21,25). The number of aromatic nitrogens is 2. The molecule has 0 unspecified atom stereocenters. The lowest BCUT2D eigenvalue weighted by atomic mass is 9.85. The van der Waals surface area contributed by atoms with Gasteiger partial charge >= 0.3 is 0 Å². The molecule has 0 bridgehead atoms. The number of hydrogen-bond donors (Lipinski definition) is 1. The summed E-state index contributed by atoms with van der Waals surface area (Å²) in [7, 11) is 0. The van der Waals surface area contributed by atoms with Gasteiger partial charge in [0.2, 0.25) is 5.91 Å². The first-order chi connectivity index (χ1) is 12.7. The Morgan fingerprint density at radius 1 is 1.27 bits per heavy atom. The van der Waals surface area contributed by atoms with Gasteiger partial charge in [-0.25, -0.2) is 9.97 Å². The zero-order valence-corrected chi connectivity index (χ0v) is 16.6. The minimum Gasteiger partial charge on any atom is -0.356 e. The summed E-state index contributed by atoms with van der Waals surface area (Å²) in [5.41, 5.74) is 1.10. The quantitative estimate of drug-likeness (QED) is 0.861. The number of rotatable bonds is 5. The average Bonchev–Trinajstić information content (AvgIpc) is 2.99. The second kappa shape index (κ2) is 7.51. The molecule has 140 valence electrons. The number of carbonyl (C=O) groups is 1. The lowest BCUT2D eigenvalue weighted by molar-refractivity contribution is -0.125. The third-order valence-corrected chi connectivity index (χ3v) is 6.72. The van der Waals surface area contributed by atoms with Crippen LogP contribution in [0.5, 0.6) is 0 Å². The summed E-state index contributed by atoms with van der Waals surface area (Å²) in [6, 6.07) is 0. The van der Waals surface area contributed by atoms with Crippen molar-refractivity contribution in [3.8, 4) is 0 Å². The monoisotopic (exact) mass is 372 g/mol.